The second kappa shape index (κ2) is 7.26. The average Bonchev–Trinajstić information content (AvgIpc) is 2.14. The standard InChI is InChI=1S/C11H17NO2S.K/c1-9(2)3-4-10-5-7-11(8-6-10)15(12,13)14;/h5-9H,3-4H2,1-2H3,(H2,12,13,14);/q;+1. The van der Waals surface area contributed by atoms with Crippen molar-refractivity contribution in [1.29, 1.82) is 0 Å². The Hall–Kier alpha value is 0.766. The predicted molar refractivity (Wildman–Crippen MR) is 61.0 cm³/mol. The molecule has 0 atom stereocenters. The van der Waals surface area contributed by atoms with E-state index in [0.29, 0.717) is 5.92 Å². The number of rotatable bonds is 4. The second-order valence-corrected chi connectivity index (χ2v) is 5.68. The molecule has 2 N–H and O–H groups in total. The van der Waals surface area contributed by atoms with Crippen LogP contribution in [-0.2, 0) is 16.4 Å². The molecule has 5 heteroatoms. The Morgan fingerprint density at radius 3 is 2.06 bits per heavy atom. The van der Waals surface area contributed by atoms with Crippen molar-refractivity contribution in [2.24, 2.45) is 11.1 Å². The van der Waals surface area contributed by atoms with Gasteiger partial charge >= 0.3 is 51.4 Å². The summed E-state index contributed by atoms with van der Waals surface area (Å²) >= 11 is 0. The predicted octanol–water partition coefficient (Wildman–Crippen LogP) is -1.07. The number of aryl methyl sites for hydroxylation is 1. The normalized spacial score (nSPS) is 11.2. The molecule has 1 aromatic carbocycles. The van der Waals surface area contributed by atoms with Crippen LogP contribution in [0.15, 0.2) is 29.2 Å². The molecule has 0 aliphatic heterocycles. The SMILES string of the molecule is CC(C)CCc1ccc(S(N)(=O)=O)cc1.[K+]. The molecular weight excluding hydrogens is 249 g/mol. The molecule has 1 rings (SSSR count). The molecular formula is C11H17KNO2S+. The Bertz CT molecular complexity index is 412. The van der Waals surface area contributed by atoms with Crippen LogP contribution in [0.25, 0.3) is 0 Å². The van der Waals surface area contributed by atoms with Crippen molar-refractivity contribution >= 4 is 10.0 Å². The van der Waals surface area contributed by atoms with E-state index in [1.54, 1.807) is 12.1 Å². The fourth-order valence-electron chi connectivity index (χ4n) is 1.30. The third kappa shape index (κ3) is 5.91. The van der Waals surface area contributed by atoms with Gasteiger partial charge in [0.2, 0.25) is 10.0 Å². The van der Waals surface area contributed by atoms with E-state index < -0.39 is 10.0 Å². The molecule has 0 amide bonds. The molecule has 3 nitrogen and oxygen atoms in total. The number of benzene rings is 1. The molecule has 0 spiro atoms. The van der Waals surface area contributed by atoms with E-state index in [4.69, 9.17) is 5.14 Å². The Morgan fingerprint density at radius 2 is 1.69 bits per heavy atom. The minimum Gasteiger partial charge on any atom is -0.225 e. The molecule has 0 aromatic heterocycles. The van der Waals surface area contributed by atoms with Crippen LogP contribution < -0.4 is 56.5 Å². The molecule has 1 aromatic rings. The molecule has 0 heterocycles. The van der Waals surface area contributed by atoms with E-state index in [-0.39, 0.29) is 56.3 Å². The van der Waals surface area contributed by atoms with Crippen LogP contribution in [-0.4, -0.2) is 8.42 Å². The Morgan fingerprint density at radius 1 is 1.19 bits per heavy atom. The molecule has 0 aliphatic carbocycles. The van der Waals surface area contributed by atoms with Crippen LogP contribution in [0.5, 0.6) is 0 Å². The molecule has 0 saturated carbocycles. The molecule has 84 valence electrons. The monoisotopic (exact) mass is 266 g/mol. The van der Waals surface area contributed by atoms with Gasteiger partial charge in [-0.25, -0.2) is 13.6 Å². The van der Waals surface area contributed by atoms with E-state index in [2.05, 4.69) is 13.8 Å². The zero-order valence-electron chi connectivity index (χ0n) is 10.1. The minimum absolute atomic E-state index is 0. The quantitative estimate of drug-likeness (QED) is 0.705. The molecule has 0 fully saturated rings. The van der Waals surface area contributed by atoms with E-state index in [1.807, 2.05) is 12.1 Å². The van der Waals surface area contributed by atoms with Crippen molar-refractivity contribution < 1.29 is 59.8 Å². The first-order valence-electron chi connectivity index (χ1n) is 5.01. The van der Waals surface area contributed by atoms with E-state index >= 15 is 0 Å². The molecule has 0 saturated heterocycles. The summed E-state index contributed by atoms with van der Waals surface area (Å²) in [5.74, 6) is 0.655. The number of nitrogens with two attached hydrogens (primary N) is 1. The second-order valence-electron chi connectivity index (χ2n) is 4.12. The van der Waals surface area contributed by atoms with E-state index in [1.165, 1.54) is 0 Å². The zero-order valence-corrected chi connectivity index (χ0v) is 14.0. The first-order chi connectivity index (χ1) is 6.89. The number of hydrogen-bond donors (Lipinski definition) is 1. The van der Waals surface area contributed by atoms with Crippen molar-refractivity contribution in [3.63, 3.8) is 0 Å². The van der Waals surface area contributed by atoms with Gasteiger partial charge in [-0.15, -0.1) is 0 Å². The number of sulfonamides is 1. The number of primary sulfonamides is 1. The van der Waals surface area contributed by atoms with Crippen LogP contribution in [0.4, 0.5) is 0 Å². The van der Waals surface area contributed by atoms with Gasteiger partial charge in [-0.05, 0) is 36.5 Å². The van der Waals surface area contributed by atoms with Gasteiger partial charge in [0.1, 0.15) is 0 Å². The van der Waals surface area contributed by atoms with Crippen LogP contribution >= 0.6 is 0 Å². The van der Waals surface area contributed by atoms with Gasteiger partial charge < -0.3 is 0 Å². The zero-order chi connectivity index (χ0) is 11.5. The van der Waals surface area contributed by atoms with Crippen molar-refractivity contribution in [2.75, 3.05) is 0 Å². The first-order valence-corrected chi connectivity index (χ1v) is 6.56. The Kier molecular flexibility index (Phi) is 7.60. The van der Waals surface area contributed by atoms with Crippen LogP contribution in [0.2, 0.25) is 0 Å². The van der Waals surface area contributed by atoms with Gasteiger partial charge in [0.05, 0.1) is 4.90 Å². The summed E-state index contributed by atoms with van der Waals surface area (Å²) in [7, 11) is -3.55. The third-order valence-electron chi connectivity index (χ3n) is 2.26. The summed E-state index contributed by atoms with van der Waals surface area (Å²) < 4.78 is 22.0. The summed E-state index contributed by atoms with van der Waals surface area (Å²) in [5, 5.41) is 5.00. The topological polar surface area (TPSA) is 60.2 Å². The van der Waals surface area contributed by atoms with Gasteiger partial charge in [-0.3, -0.25) is 0 Å². The van der Waals surface area contributed by atoms with Crippen molar-refractivity contribution in [3.05, 3.63) is 29.8 Å². The van der Waals surface area contributed by atoms with Crippen molar-refractivity contribution in [3.8, 4) is 0 Å². The summed E-state index contributed by atoms with van der Waals surface area (Å²) in [6.45, 7) is 4.33. The largest absolute Gasteiger partial charge is 1.00 e. The third-order valence-corrected chi connectivity index (χ3v) is 3.19. The summed E-state index contributed by atoms with van der Waals surface area (Å²) in [5.41, 5.74) is 1.15. The fourth-order valence-corrected chi connectivity index (χ4v) is 1.82. The first kappa shape index (κ1) is 16.8. The van der Waals surface area contributed by atoms with Gasteiger partial charge in [-0.1, -0.05) is 26.0 Å². The summed E-state index contributed by atoms with van der Waals surface area (Å²) in [6.07, 6.45) is 2.08. The minimum atomic E-state index is -3.55. The summed E-state index contributed by atoms with van der Waals surface area (Å²) in [4.78, 5) is 0.177. The average molecular weight is 266 g/mol. The number of hydrogen-bond acceptors (Lipinski definition) is 2. The summed E-state index contributed by atoms with van der Waals surface area (Å²) in [6, 6.07) is 6.76. The molecule has 0 aliphatic rings. The van der Waals surface area contributed by atoms with Crippen LogP contribution in [0.1, 0.15) is 25.8 Å². The fraction of sp³-hybridized carbons (Fsp3) is 0.455. The maximum atomic E-state index is 11.0. The smallest absolute Gasteiger partial charge is 0.225 e. The van der Waals surface area contributed by atoms with Gasteiger partial charge in [0, 0.05) is 0 Å². The molecule has 16 heavy (non-hydrogen) atoms. The van der Waals surface area contributed by atoms with Crippen LogP contribution in [0, 0.1) is 5.92 Å². The van der Waals surface area contributed by atoms with Crippen molar-refractivity contribution in [1.82, 2.24) is 0 Å². The maximum Gasteiger partial charge on any atom is 1.00 e. The van der Waals surface area contributed by atoms with Gasteiger partial charge in [0.15, 0.2) is 0 Å². The van der Waals surface area contributed by atoms with E-state index in [0.717, 1.165) is 18.4 Å². The molecule has 0 radical (unpaired) electrons. The molecule has 0 unspecified atom stereocenters. The van der Waals surface area contributed by atoms with Gasteiger partial charge in [0.25, 0.3) is 0 Å². The van der Waals surface area contributed by atoms with E-state index in [9.17, 15) is 8.42 Å². The Labute approximate surface area is 140 Å². The maximum absolute atomic E-state index is 11.0. The Balaban J connectivity index is 0.00000225. The molecule has 0 bridgehead atoms. The van der Waals surface area contributed by atoms with Crippen LogP contribution in [0.3, 0.4) is 0 Å². The van der Waals surface area contributed by atoms with Gasteiger partial charge in [-0.2, -0.15) is 0 Å². The van der Waals surface area contributed by atoms with Crippen molar-refractivity contribution in [2.45, 2.75) is 31.6 Å².